The minimum atomic E-state index is -0.600. The first-order valence-corrected chi connectivity index (χ1v) is 6.09. The molecule has 1 aromatic rings. The lowest BCUT2D eigenvalue weighted by atomic mass is 10.4. The normalized spacial score (nSPS) is 10.0. The first kappa shape index (κ1) is 13.7. The number of rotatable bonds is 6. The molecule has 8 heteroatoms. The second-order valence-corrected chi connectivity index (χ2v) is 4.20. The van der Waals surface area contributed by atoms with Gasteiger partial charge in [-0.15, -0.1) is 11.6 Å². The van der Waals surface area contributed by atoms with Crippen molar-refractivity contribution in [2.75, 3.05) is 19.1 Å². The van der Waals surface area contributed by atoms with Crippen LogP contribution in [0.1, 0.15) is 16.6 Å². The molecule has 0 atom stereocenters. The van der Waals surface area contributed by atoms with Crippen LogP contribution in [-0.2, 0) is 4.74 Å². The van der Waals surface area contributed by atoms with Crippen molar-refractivity contribution < 1.29 is 19.2 Å². The maximum Gasteiger partial charge on any atom is 0.366 e. The number of esters is 1. The summed E-state index contributed by atoms with van der Waals surface area (Å²) in [5.74, 6) is -0.341. The Hall–Kier alpha value is -1.34. The minimum absolute atomic E-state index is 0.0451. The van der Waals surface area contributed by atoms with Gasteiger partial charge < -0.3 is 9.47 Å². The molecule has 6 nitrogen and oxygen atoms in total. The van der Waals surface area contributed by atoms with E-state index in [1.807, 2.05) is 0 Å². The van der Waals surface area contributed by atoms with E-state index in [2.05, 4.69) is 0 Å². The zero-order valence-electron chi connectivity index (χ0n) is 8.97. The maximum absolute atomic E-state index is 11.4. The predicted molar refractivity (Wildman–Crippen MR) is 63.1 cm³/mol. The Morgan fingerprint density at radius 1 is 1.65 bits per heavy atom. The first-order valence-electron chi connectivity index (χ1n) is 4.74. The average molecular weight is 280 g/mol. The van der Waals surface area contributed by atoms with E-state index in [-0.39, 0.29) is 34.7 Å². The number of hydrogen-bond donors (Lipinski definition) is 0. The number of nitro groups is 1. The lowest BCUT2D eigenvalue weighted by Gasteiger charge is -1.98. The Balaban J connectivity index is 2.95. The molecular weight excluding hydrogens is 270 g/mol. The molecule has 0 radical (unpaired) electrons. The summed E-state index contributed by atoms with van der Waals surface area (Å²) >= 11 is 6.14. The van der Waals surface area contributed by atoms with Crippen LogP contribution < -0.4 is 4.74 Å². The predicted octanol–water partition coefficient (Wildman–Crippen LogP) is 2.45. The molecule has 0 aliphatic carbocycles. The smallest absolute Gasteiger partial charge is 0.366 e. The SMILES string of the molecule is CCOC(=O)c1cc(OCCCl)c([N+](=O)[O-])s1. The maximum atomic E-state index is 11.4. The molecule has 1 aromatic heterocycles. The molecule has 94 valence electrons. The van der Waals surface area contributed by atoms with Gasteiger partial charge >= 0.3 is 11.0 Å². The molecule has 0 unspecified atom stereocenters. The molecule has 1 rings (SSSR count). The van der Waals surface area contributed by atoms with Crippen LogP contribution in [0, 0.1) is 10.1 Å². The second kappa shape index (κ2) is 6.41. The van der Waals surface area contributed by atoms with Crippen LogP contribution in [0.4, 0.5) is 5.00 Å². The summed E-state index contributed by atoms with van der Waals surface area (Å²) in [5, 5.41) is 10.5. The molecule has 0 amide bonds. The van der Waals surface area contributed by atoms with E-state index < -0.39 is 10.9 Å². The number of hydrogen-bond acceptors (Lipinski definition) is 6. The van der Waals surface area contributed by atoms with Crippen molar-refractivity contribution in [1.82, 2.24) is 0 Å². The molecule has 0 N–H and O–H groups in total. The van der Waals surface area contributed by atoms with E-state index in [1.165, 1.54) is 6.07 Å². The van der Waals surface area contributed by atoms with E-state index in [4.69, 9.17) is 21.1 Å². The van der Waals surface area contributed by atoms with Gasteiger partial charge in [0.05, 0.1) is 17.4 Å². The number of alkyl halides is 1. The van der Waals surface area contributed by atoms with Crippen LogP contribution in [0.2, 0.25) is 0 Å². The summed E-state index contributed by atoms with van der Waals surface area (Å²) in [5.41, 5.74) is 0. The lowest BCUT2D eigenvalue weighted by molar-refractivity contribution is -0.381. The van der Waals surface area contributed by atoms with Crippen molar-refractivity contribution in [2.24, 2.45) is 0 Å². The Morgan fingerprint density at radius 2 is 2.35 bits per heavy atom. The van der Waals surface area contributed by atoms with Gasteiger partial charge in [-0.25, -0.2) is 4.79 Å². The highest BCUT2D eigenvalue weighted by molar-refractivity contribution is 7.17. The van der Waals surface area contributed by atoms with Crippen LogP contribution in [-0.4, -0.2) is 30.0 Å². The van der Waals surface area contributed by atoms with Crippen molar-refractivity contribution in [2.45, 2.75) is 6.92 Å². The van der Waals surface area contributed by atoms with Gasteiger partial charge in [0.2, 0.25) is 5.75 Å². The van der Waals surface area contributed by atoms with Gasteiger partial charge in [0.1, 0.15) is 11.5 Å². The van der Waals surface area contributed by atoms with Crippen molar-refractivity contribution >= 4 is 33.9 Å². The highest BCUT2D eigenvalue weighted by Gasteiger charge is 2.24. The fourth-order valence-electron chi connectivity index (χ4n) is 1.05. The van der Waals surface area contributed by atoms with Gasteiger partial charge in [-0.3, -0.25) is 10.1 Å². The Morgan fingerprint density at radius 3 is 2.88 bits per heavy atom. The van der Waals surface area contributed by atoms with Gasteiger partial charge in [-0.05, 0) is 6.92 Å². The molecule has 0 aromatic carbocycles. The van der Waals surface area contributed by atoms with E-state index in [0.717, 1.165) is 11.3 Å². The van der Waals surface area contributed by atoms with Crippen LogP contribution in [0.25, 0.3) is 0 Å². The molecule has 0 aliphatic rings. The van der Waals surface area contributed by atoms with Gasteiger partial charge in [0, 0.05) is 6.07 Å². The fraction of sp³-hybridized carbons (Fsp3) is 0.444. The van der Waals surface area contributed by atoms with Gasteiger partial charge in [0.25, 0.3) is 0 Å². The fourth-order valence-corrected chi connectivity index (χ4v) is 1.93. The number of thiophene rings is 1. The Kier molecular flexibility index (Phi) is 5.17. The van der Waals surface area contributed by atoms with E-state index in [0.29, 0.717) is 0 Å². The highest BCUT2D eigenvalue weighted by atomic mass is 35.5. The summed E-state index contributed by atoms with van der Waals surface area (Å²) in [6, 6.07) is 1.30. The largest absolute Gasteiger partial charge is 0.485 e. The van der Waals surface area contributed by atoms with Crippen LogP contribution in [0.3, 0.4) is 0 Å². The monoisotopic (exact) mass is 279 g/mol. The second-order valence-electron chi connectivity index (χ2n) is 2.80. The summed E-state index contributed by atoms with van der Waals surface area (Å²) in [6.45, 7) is 2.01. The van der Waals surface area contributed by atoms with Crippen molar-refractivity contribution in [3.05, 3.63) is 21.1 Å². The summed E-state index contributed by atoms with van der Waals surface area (Å²) in [7, 11) is 0. The first-order chi connectivity index (χ1) is 8.10. The van der Waals surface area contributed by atoms with Crippen molar-refractivity contribution in [3.8, 4) is 5.75 Å². The summed E-state index contributed by atoms with van der Waals surface area (Å²) in [4.78, 5) is 21.7. The molecule has 0 spiro atoms. The number of halogens is 1. The van der Waals surface area contributed by atoms with Crippen LogP contribution in [0.5, 0.6) is 5.75 Å². The number of ether oxygens (including phenoxy) is 2. The third-order valence-corrected chi connectivity index (χ3v) is 2.86. The molecule has 0 fully saturated rings. The van der Waals surface area contributed by atoms with E-state index >= 15 is 0 Å². The topological polar surface area (TPSA) is 78.7 Å². The quantitative estimate of drug-likeness (QED) is 0.346. The minimum Gasteiger partial charge on any atom is -0.485 e. The van der Waals surface area contributed by atoms with E-state index in [1.54, 1.807) is 6.92 Å². The van der Waals surface area contributed by atoms with Gasteiger partial charge in [-0.2, -0.15) is 0 Å². The number of carbonyl (C=O) groups is 1. The van der Waals surface area contributed by atoms with Crippen molar-refractivity contribution in [1.29, 1.82) is 0 Å². The molecular formula is C9H10ClNO5S. The molecule has 0 saturated heterocycles. The molecule has 1 heterocycles. The standard InChI is InChI=1S/C9H10ClNO5S/c1-2-15-9(12)7-5-6(16-4-3-10)8(17-7)11(13)14/h5H,2-4H2,1H3. The number of carbonyl (C=O) groups excluding carboxylic acids is 1. The molecule has 17 heavy (non-hydrogen) atoms. The zero-order chi connectivity index (χ0) is 12.8. The zero-order valence-corrected chi connectivity index (χ0v) is 10.5. The Bertz CT molecular complexity index is 420. The molecule has 0 bridgehead atoms. The Labute approximate surface area is 106 Å². The average Bonchev–Trinajstić information content (AvgIpc) is 2.70. The van der Waals surface area contributed by atoms with Gasteiger partial charge in [0.15, 0.2) is 0 Å². The van der Waals surface area contributed by atoms with Gasteiger partial charge in [-0.1, -0.05) is 11.3 Å². The van der Waals surface area contributed by atoms with Crippen LogP contribution >= 0.6 is 22.9 Å². The number of nitrogens with zero attached hydrogens (tertiary/aromatic N) is 1. The molecule has 0 aliphatic heterocycles. The third kappa shape index (κ3) is 3.57. The molecule has 0 saturated carbocycles. The summed E-state index contributed by atoms with van der Waals surface area (Å²) in [6.07, 6.45) is 0. The van der Waals surface area contributed by atoms with Crippen LogP contribution in [0.15, 0.2) is 6.07 Å². The van der Waals surface area contributed by atoms with E-state index in [9.17, 15) is 14.9 Å². The summed E-state index contributed by atoms with van der Waals surface area (Å²) < 4.78 is 9.83. The third-order valence-electron chi connectivity index (χ3n) is 1.66. The highest BCUT2D eigenvalue weighted by Crippen LogP contribution is 2.37. The lowest BCUT2D eigenvalue weighted by Crippen LogP contribution is -2.02. The van der Waals surface area contributed by atoms with Crippen molar-refractivity contribution in [3.63, 3.8) is 0 Å².